The molecule has 2 heterocycles. The molecule has 1 atom stereocenters. The number of carbonyl (C=O) groups excluding carboxylic acids is 2. The molecule has 0 radical (unpaired) electrons. The molecule has 7 heteroatoms. The summed E-state index contributed by atoms with van der Waals surface area (Å²) in [5.41, 5.74) is 5.31. The van der Waals surface area contributed by atoms with Crippen molar-refractivity contribution in [2.24, 2.45) is 9.98 Å². The fourth-order valence-electron chi connectivity index (χ4n) is 4.89. The lowest BCUT2D eigenvalue weighted by Crippen LogP contribution is -2.43. The number of rotatable bonds is 5. The normalized spacial score (nSPS) is 19.9. The molecule has 0 unspecified atom stereocenters. The van der Waals surface area contributed by atoms with Crippen molar-refractivity contribution in [1.29, 1.82) is 0 Å². The number of thioether (sulfide) groups is 1. The van der Waals surface area contributed by atoms with Crippen molar-refractivity contribution in [1.82, 2.24) is 10.2 Å². The second-order valence-electron chi connectivity index (χ2n) is 9.38. The fourth-order valence-corrected chi connectivity index (χ4v) is 5.97. The molecule has 2 aromatic carbocycles. The summed E-state index contributed by atoms with van der Waals surface area (Å²) in [5.74, 6) is 1.05. The summed E-state index contributed by atoms with van der Waals surface area (Å²) in [7, 11) is 0. The van der Waals surface area contributed by atoms with Crippen LogP contribution < -0.4 is 5.32 Å². The maximum absolute atomic E-state index is 13.4. The quantitative estimate of drug-likeness (QED) is 0.660. The van der Waals surface area contributed by atoms with E-state index < -0.39 is 6.04 Å². The van der Waals surface area contributed by atoms with E-state index in [-0.39, 0.29) is 24.3 Å². The molecule has 1 aliphatic carbocycles. The summed E-state index contributed by atoms with van der Waals surface area (Å²) in [6.45, 7) is 4.19. The number of nitrogens with one attached hydrogen (secondary N) is 1. The lowest BCUT2D eigenvalue weighted by atomic mass is 9.95. The zero-order chi connectivity index (χ0) is 23.7. The number of nitrogens with zero attached hydrogens (tertiary/aromatic N) is 3. The number of aryl methyl sites for hydroxylation is 2. The van der Waals surface area contributed by atoms with Gasteiger partial charge in [-0.3, -0.25) is 14.6 Å². The van der Waals surface area contributed by atoms with E-state index in [0.29, 0.717) is 16.8 Å². The molecule has 1 saturated carbocycles. The smallest absolute Gasteiger partial charge is 0.259 e. The Labute approximate surface area is 204 Å². The van der Waals surface area contributed by atoms with Gasteiger partial charge in [0.05, 0.1) is 12.1 Å². The van der Waals surface area contributed by atoms with Crippen LogP contribution in [0.15, 0.2) is 52.4 Å². The number of amidine groups is 2. The Balaban J connectivity index is 1.36. The van der Waals surface area contributed by atoms with Crippen LogP contribution in [0.1, 0.15) is 60.8 Å². The second-order valence-corrected chi connectivity index (χ2v) is 10.3. The summed E-state index contributed by atoms with van der Waals surface area (Å²) in [4.78, 5) is 37.4. The Kier molecular flexibility index (Phi) is 6.55. The van der Waals surface area contributed by atoms with Crippen molar-refractivity contribution in [3.8, 4) is 0 Å². The van der Waals surface area contributed by atoms with E-state index in [1.807, 2.05) is 24.3 Å². The number of hydrogen-bond donors (Lipinski definition) is 1. The van der Waals surface area contributed by atoms with Crippen LogP contribution in [0.4, 0.5) is 5.69 Å². The highest BCUT2D eigenvalue weighted by Crippen LogP contribution is 2.35. The van der Waals surface area contributed by atoms with Gasteiger partial charge in [0.2, 0.25) is 5.91 Å². The van der Waals surface area contributed by atoms with Gasteiger partial charge in [0.25, 0.3) is 5.91 Å². The lowest BCUT2D eigenvalue weighted by molar-refractivity contribution is -0.129. The van der Waals surface area contributed by atoms with E-state index >= 15 is 0 Å². The maximum Gasteiger partial charge on any atom is 0.259 e. The van der Waals surface area contributed by atoms with Gasteiger partial charge in [0.1, 0.15) is 11.9 Å². The number of amides is 2. The van der Waals surface area contributed by atoms with Gasteiger partial charge >= 0.3 is 0 Å². The van der Waals surface area contributed by atoms with Crippen LogP contribution in [-0.4, -0.2) is 39.8 Å². The van der Waals surface area contributed by atoms with Crippen molar-refractivity contribution in [2.45, 2.75) is 70.2 Å². The Morgan fingerprint density at radius 2 is 1.91 bits per heavy atom. The van der Waals surface area contributed by atoms with Crippen LogP contribution in [-0.2, 0) is 15.3 Å². The number of carbonyl (C=O) groups is 2. The largest absolute Gasteiger partial charge is 0.353 e. The van der Waals surface area contributed by atoms with Gasteiger partial charge in [-0.15, -0.1) is 0 Å². The van der Waals surface area contributed by atoms with Crippen LogP contribution in [0.3, 0.4) is 0 Å². The zero-order valence-corrected chi connectivity index (χ0v) is 20.5. The average Bonchev–Trinajstić information content (AvgIpc) is 3.15. The number of para-hydroxylation sites is 1. The molecular weight excluding hydrogens is 444 g/mol. The van der Waals surface area contributed by atoms with E-state index in [0.717, 1.165) is 36.9 Å². The van der Waals surface area contributed by atoms with Gasteiger partial charge < -0.3 is 5.32 Å². The zero-order valence-electron chi connectivity index (χ0n) is 19.7. The molecular formula is C27H30N4O2S. The van der Waals surface area contributed by atoms with Gasteiger partial charge in [-0.05, 0) is 49.9 Å². The van der Waals surface area contributed by atoms with Crippen LogP contribution in [0.2, 0.25) is 0 Å². The van der Waals surface area contributed by atoms with Crippen LogP contribution in [0, 0.1) is 13.8 Å². The fraction of sp³-hybridized carbons (Fsp3) is 0.407. The lowest BCUT2D eigenvalue weighted by Gasteiger charge is -2.26. The molecule has 6 nitrogen and oxygen atoms in total. The first-order chi connectivity index (χ1) is 16.5. The minimum Gasteiger partial charge on any atom is -0.353 e. The summed E-state index contributed by atoms with van der Waals surface area (Å²) in [5, 5.41) is 3.74. The first-order valence-electron chi connectivity index (χ1n) is 12.1. The molecule has 5 rings (SSSR count). The van der Waals surface area contributed by atoms with Crippen LogP contribution in [0.25, 0.3) is 0 Å². The van der Waals surface area contributed by atoms with Gasteiger partial charge in [-0.1, -0.05) is 66.9 Å². The minimum atomic E-state index is -0.711. The Hall–Kier alpha value is -2.93. The maximum atomic E-state index is 13.4. The third kappa shape index (κ3) is 4.67. The van der Waals surface area contributed by atoms with Crippen LogP contribution in [0.5, 0.6) is 0 Å². The Morgan fingerprint density at radius 1 is 1.12 bits per heavy atom. The monoisotopic (exact) mass is 474 g/mol. The third-order valence-electron chi connectivity index (χ3n) is 6.75. The van der Waals surface area contributed by atoms with E-state index in [1.54, 1.807) is 4.90 Å². The molecule has 2 aromatic rings. The highest BCUT2D eigenvalue weighted by molar-refractivity contribution is 8.13. The minimum absolute atomic E-state index is 0.0759. The standard InChI is InChI=1S/C27H30N4O2S/c1-17-12-13-19(18(2)14-17)16-34-27-30-22-11-7-6-10-21(22)25-29-23(26(33)31(25)27)15-24(32)28-20-8-4-3-5-9-20/h6-7,10-14,20,23H,3-5,8-9,15-16H2,1-2H3,(H,28,32)/t23-/m1/s1. The van der Waals surface area contributed by atoms with E-state index in [9.17, 15) is 9.59 Å². The average molecular weight is 475 g/mol. The van der Waals surface area contributed by atoms with E-state index in [4.69, 9.17) is 9.98 Å². The molecule has 0 aromatic heterocycles. The van der Waals surface area contributed by atoms with Crippen LogP contribution >= 0.6 is 11.8 Å². The predicted molar refractivity (Wildman–Crippen MR) is 138 cm³/mol. The molecule has 2 aliphatic heterocycles. The van der Waals surface area contributed by atoms with Crippen molar-refractivity contribution in [3.05, 3.63) is 64.7 Å². The first-order valence-corrected chi connectivity index (χ1v) is 13.1. The molecule has 34 heavy (non-hydrogen) atoms. The second kappa shape index (κ2) is 9.74. The molecule has 176 valence electrons. The summed E-state index contributed by atoms with van der Waals surface area (Å²) in [6, 6.07) is 13.7. The molecule has 0 spiro atoms. The number of fused-ring (bicyclic) bond motifs is 3. The molecule has 0 saturated heterocycles. The number of benzene rings is 2. The Bertz CT molecular complexity index is 1180. The molecule has 1 fully saturated rings. The van der Waals surface area contributed by atoms with Gasteiger partial charge in [-0.25, -0.2) is 9.89 Å². The molecule has 0 bridgehead atoms. The number of hydrogen-bond acceptors (Lipinski definition) is 5. The molecule has 1 N–H and O–H groups in total. The highest BCUT2D eigenvalue weighted by atomic mass is 32.2. The first kappa shape index (κ1) is 22.8. The van der Waals surface area contributed by atoms with E-state index in [1.165, 1.54) is 34.9 Å². The summed E-state index contributed by atoms with van der Waals surface area (Å²) >= 11 is 1.54. The molecule has 2 amide bonds. The highest BCUT2D eigenvalue weighted by Gasteiger charge is 2.42. The predicted octanol–water partition coefficient (Wildman–Crippen LogP) is 5.03. The SMILES string of the molecule is Cc1ccc(CSC2=Nc3ccccc3C3=N[C@H](CC(=O)NC4CCCCC4)C(=O)N23)c(C)c1. The van der Waals surface area contributed by atoms with Gasteiger partial charge in [-0.2, -0.15) is 0 Å². The Morgan fingerprint density at radius 3 is 2.71 bits per heavy atom. The number of aliphatic imine (C=N–C) groups is 2. The third-order valence-corrected chi connectivity index (χ3v) is 7.74. The topological polar surface area (TPSA) is 74.1 Å². The summed E-state index contributed by atoms with van der Waals surface area (Å²) in [6.07, 6.45) is 5.65. The summed E-state index contributed by atoms with van der Waals surface area (Å²) < 4.78 is 0. The van der Waals surface area contributed by atoms with Gasteiger partial charge in [0, 0.05) is 17.4 Å². The van der Waals surface area contributed by atoms with E-state index in [2.05, 4.69) is 37.4 Å². The van der Waals surface area contributed by atoms with Crippen molar-refractivity contribution < 1.29 is 9.59 Å². The van der Waals surface area contributed by atoms with Crippen molar-refractivity contribution >= 4 is 40.3 Å². The van der Waals surface area contributed by atoms with Crippen molar-refractivity contribution in [3.63, 3.8) is 0 Å². The van der Waals surface area contributed by atoms with Crippen molar-refractivity contribution in [2.75, 3.05) is 0 Å². The molecule has 3 aliphatic rings. The van der Waals surface area contributed by atoms with Gasteiger partial charge in [0.15, 0.2) is 5.17 Å².